The van der Waals surface area contributed by atoms with Gasteiger partial charge in [0, 0.05) is 92.7 Å². The normalized spacial score (nSPS) is 21.1. The van der Waals surface area contributed by atoms with E-state index in [0.717, 1.165) is 99.2 Å². The third kappa shape index (κ3) is 10.9. The van der Waals surface area contributed by atoms with Crippen LogP contribution in [0.2, 0.25) is 0 Å². The molecule has 4 N–H and O–H groups in total. The van der Waals surface area contributed by atoms with Crippen molar-refractivity contribution in [2.24, 2.45) is 11.3 Å². The van der Waals surface area contributed by atoms with Gasteiger partial charge in [0.15, 0.2) is 11.5 Å². The van der Waals surface area contributed by atoms with Gasteiger partial charge in [-0.1, -0.05) is 44.2 Å². The Morgan fingerprint density at radius 2 is 1.75 bits per heavy atom. The van der Waals surface area contributed by atoms with Crippen molar-refractivity contribution in [2.75, 3.05) is 63.7 Å². The number of aromatic nitrogens is 2. The van der Waals surface area contributed by atoms with Gasteiger partial charge in [0.25, 0.3) is 21.6 Å². The molecule has 17 nitrogen and oxygen atoms in total. The Hall–Kier alpha value is -6.73. The predicted octanol–water partition coefficient (Wildman–Crippen LogP) is 9.71. The number of carbonyl (C=O) groups is 1. The van der Waals surface area contributed by atoms with Crippen LogP contribution in [0.15, 0.2) is 102 Å². The molecule has 10 rings (SSSR count). The number of amides is 1. The summed E-state index contributed by atoms with van der Waals surface area (Å²) in [7, 11) is -1.24. The van der Waals surface area contributed by atoms with Crippen LogP contribution in [0.5, 0.6) is 23.0 Å². The molecule has 2 saturated carbocycles. The fraction of sp³-hybridized carbons (Fsp3) is 0.439. The molecular formula is C57H68N8O9S. The summed E-state index contributed by atoms with van der Waals surface area (Å²) < 4.78 is 47.6. The van der Waals surface area contributed by atoms with Crippen LogP contribution in [0.3, 0.4) is 0 Å². The maximum Gasteiger partial charge on any atom is 0.293 e. The molecule has 2 aliphatic carbocycles. The molecule has 1 amide bonds. The summed E-state index contributed by atoms with van der Waals surface area (Å²) in [6.07, 6.45) is 8.19. The molecule has 4 fully saturated rings. The van der Waals surface area contributed by atoms with Crippen molar-refractivity contribution in [3.05, 3.63) is 135 Å². The topological polar surface area (TPSA) is 205 Å². The Balaban J connectivity index is 0.842. The van der Waals surface area contributed by atoms with Crippen molar-refractivity contribution in [3.8, 4) is 23.0 Å². The molecule has 0 radical (unpaired) electrons. The highest BCUT2D eigenvalue weighted by molar-refractivity contribution is 7.90. The SMILES string of the molecule is COc1cc(CN2CCN(C3CC4(C3)CN(c3ccc(C(=O)NS(=O)(=O)c5ccc(NCC6CCC(C)(O)CC6)c([N+](=O)[O-])c5)c(Oc5cnc6[nH]ccc6c5)c3)C4)[C@H](c3ccccc3C(C)C)C2)cc(C)c1OC. The van der Waals surface area contributed by atoms with E-state index in [0.29, 0.717) is 42.7 Å². The average Bonchev–Trinajstić information content (AvgIpc) is 3.83. The molecule has 75 heavy (non-hydrogen) atoms. The number of pyridine rings is 1. The molecule has 1 atom stereocenters. The van der Waals surface area contributed by atoms with Gasteiger partial charge in [-0.05, 0) is 129 Å². The van der Waals surface area contributed by atoms with E-state index in [1.54, 1.807) is 38.6 Å². The number of aryl methyl sites for hydroxylation is 1. The summed E-state index contributed by atoms with van der Waals surface area (Å²) in [5.41, 5.74) is 5.61. The molecule has 18 heteroatoms. The minimum absolute atomic E-state index is 0.0391. The van der Waals surface area contributed by atoms with Crippen LogP contribution in [0.1, 0.15) is 104 Å². The molecule has 4 heterocycles. The van der Waals surface area contributed by atoms with Crippen LogP contribution in [-0.2, 0) is 16.6 Å². The maximum atomic E-state index is 14.1. The second-order valence-corrected chi connectivity index (χ2v) is 23.6. The molecule has 0 unspecified atom stereocenters. The van der Waals surface area contributed by atoms with Gasteiger partial charge >= 0.3 is 0 Å². The highest BCUT2D eigenvalue weighted by Crippen LogP contribution is 2.54. The van der Waals surface area contributed by atoms with Gasteiger partial charge in [-0.25, -0.2) is 18.1 Å². The number of nitro benzene ring substituents is 1. The molecular weight excluding hydrogens is 973 g/mol. The van der Waals surface area contributed by atoms with Gasteiger partial charge in [0.2, 0.25) is 0 Å². The van der Waals surface area contributed by atoms with Crippen molar-refractivity contribution in [3.63, 3.8) is 0 Å². The number of piperazine rings is 1. The largest absolute Gasteiger partial charge is 0.493 e. The van der Waals surface area contributed by atoms with Crippen molar-refractivity contribution >= 4 is 44.0 Å². The maximum absolute atomic E-state index is 14.1. The summed E-state index contributed by atoms with van der Waals surface area (Å²) in [6, 6.07) is 26.2. The van der Waals surface area contributed by atoms with E-state index in [1.165, 1.54) is 35.0 Å². The number of sulfonamides is 1. The Morgan fingerprint density at radius 3 is 2.48 bits per heavy atom. The van der Waals surface area contributed by atoms with E-state index in [4.69, 9.17) is 14.2 Å². The summed E-state index contributed by atoms with van der Waals surface area (Å²) in [6.45, 7) is 14.1. The minimum atomic E-state index is -4.60. The van der Waals surface area contributed by atoms with E-state index >= 15 is 0 Å². The molecule has 0 bridgehead atoms. The third-order valence-electron chi connectivity index (χ3n) is 16.1. The molecule has 4 aromatic carbocycles. The molecule has 2 aromatic heterocycles. The number of nitrogens with zero attached hydrogens (tertiary/aromatic N) is 5. The zero-order valence-electron chi connectivity index (χ0n) is 43.6. The molecule has 2 aliphatic heterocycles. The Labute approximate surface area is 438 Å². The third-order valence-corrected chi connectivity index (χ3v) is 17.4. The molecule has 2 saturated heterocycles. The number of methoxy groups -OCH3 is 2. The first-order valence-electron chi connectivity index (χ1n) is 26.0. The monoisotopic (exact) mass is 1040 g/mol. The Morgan fingerprint density at radius 1 is 0.973 bits per heavy atom. The number of hydrogen-bond donors (Lipinski definition) is 4. The zero-order chi connectivity index (χ0) is 52.8. The molecule has 396 valence electrons. The number of nitrogens with one attached hydrogen (secondary N) is 3. The number of aromatic amines is 1. The molecule has 1 spiro atoms. The highest BCUT2D eigenvalue weighted by atomic mass is 32.2. The average molecular weight is 1040 g/mol. The fourth-order valence-electron chi connectivity index (χ4n) is 12.1. The van der Waals surface area contributed by atoms with Crippen molar-refractivity contribution in [2.45, 2.75) is 101 Å². The number of benzene rings is 4. The summed E-state index contributed by atoms with van der Waals surface area (Å²) in [5.74, 6) is 1.61. The van der Waals surface area contributed by atoms with Crippen LogP contribution in [0.4, 0.5) is 17.1 Å². The lowest BCUT2D eigenvalue weighted by molar-refractivity contribution is -0.384. The Bertz CT molecular complexity index is 3210. The first kappa shape index (κ1) is 51.7. The van der Waals surface area contributed by atoms with Crippen LogP contribution in [-0.4, -0.2) is 109 Å². The number of fused-ring (bicyclic) bond motifs is 1. The number of ether oxygens (including phenoxy) is 3. The zero-order valence-corrected chi connectivity index (χ0v) is 44.4. The number of carbonyl (C=O) groups excluding carboxylic acids is 1. The lowest BCUT2D eigenvalue weighted by Gasteiger charge is -2.63. The van der Waals surface area contributed by atoms with E-state index in [1.807, 2.05) is 19.1 Å². The van der Waals surface area contributed by atoms with E-state index in [9.17, 15) is 28.4 Å². The smallest absolute Gasteiger partial charge is 0.293 e. The first-order chi connectivity index (χ1) is 35.9. The second-order valence-electron chi connectivity index (χ2n) is 21.9. The number of hydrogen-bond acceptors (Lipinski definition) is 14. The van der Waals surface area contributed by atoms with Crippen LogP contribution in [0.25, 0.3) is 11.0 Å². The van der Waals surface area contributed by atoms with Crippen molar-refractivity contribution in [1.82, 2.24) is 24.5 Å². The number of nitro groups is 1. The summed E-state index contributed by atoms with van der Waals surface area (Å²) >= 11 is 0. The minimum Gasteiger partial charge on any atom is -0.493 e. The van der Waals surface area contributed by atoms with Crippen LogP contribution >= 0.6 is 0 Å². The quantitative estimate of drug-likeness (QED) is 0.0496. The predicted molar refractivity (Wildman–Crippen MR) is 289 cm³/mol. The number of rotatable bonds is 17. The Kier molecular flexibility index (Phi) is 14.3. The fourth-order valence-corrected chi connectivity index (χ4v) is 13.0. The van der Waals surface area contributed by atoms with Gasteiger partial charge in [0.1, 0.15) is 22.8 Å². The van der Waals surface area contributed by atoms with Gasteiger partial charge in [0.05, 0.1) is 41.4 Å². The van der Waals surface area contributed by atoms with E-state index in [-0.39, 0.29) is 34.4 Å². The van der Waals surface area contributed by atoms with Crippen LogP contribution < -0.4 is 29.1 Å². The summed E-state index contributed by atoms with van der Waals surface area (Å²) in [4.78, 5) is 40.4. The summed E-state index contributed by atoms with van der Waals surface area (Å²) in [5, 5.41) is 26.5. The number of anilines is 2. The van der Waals surface area contributed by atoms with Gasteiger partial charge in [-0.15, -0.1) is 0 Å². The molecule has 6 aromatic rings. The number of H-pyrrole nitrogens is 1. The van der Waals surface area contributed by atoms with E-state index in [2.05, 4.69) is 91.9 Å². The van der Waals surface area contributed by atoms with Gasteiger partial charge in [-0.3, -0.25) is 24.7 Å². The second kappa shape index (κ2) is 20.8. The molecule has 4 aliphatic rings. The first-order valence-corrected chi connectivity index (χ1v) is 27.5. The highest BCUT2D eigenvalue weighted by Gasteiger charge is 2.55. The number of aliphatic hydroxyl groups is 1. The van der Waals surface area contributed by atoms with Gasteiger partial charge in [-0.2, -0.15) is 0 Å². The van der Waals surface area contributed by atoms with Gasteiger partial charge < -0.3 is 34.5 Å². The standard InChI is InChI=1S/C57H68N8O9S/c1-36(2)45-9-7-8-10-46(45)50-33-62(32-39-23-37(3)53(73-6)52(24-39)72-5)21-22-64(50)42-28-57(29-42)34-63(35-57)41-11-13-47(51(26-41)74-43-25-40-17-20-58-54(40)60-31-43)55(66)61-75(70,71)44-12-14-48(49(27-44)65(68)69)59-30-38-15-18-56(4,67)19-16-38/h7-14,17,20,23-27,31,36,38,42,50,59,67H,15-16,18-19,21-22,28-30,32-35H2,1-6H3,(H,58,60)(H,61,66)/t38?,50-,56?/m0/s1. The van der Waals surface area contributed by atoms with E-state index < -0.39 is 37.0 Å². The van der Waals surface area contributed by atoms with Crippen molar-refractivity contribution in [1.29, 1.82) is 0 Å². The lowest BCUT2D eigenvalue weighted by atomic mass is 9.59. The van der Waals surface area contributed by atoms with Crippen molar-refractivity contribution < 1.29 is 37.5 Å². The lowest BCUT2D eigenvalue weighted by Crippen LogP contribution is -2.68. The van der Waals surface area contributed by atoms with Crippen LogP contribution in [0, 0.1) is 28.4 Å².